The lowest BCUT2D eigenvalue weighted by Gasteiger charge is -2.09. The van der Waals surface area contributed by atoms with Crippen LogP contribution < -0.4 is 5.73 Å². The maximum absolute atomic E-state index is 11.8. The first kappa shape index (κ1) is 22.2. The molecule has 5 nitrogen and oxygen atoms in total. The van der Waals surface area contributed by atoms with E-state index in [0.717, 1.165) is 24.8 Å². The van der Waals surface area contributed by atoms with Gasteiger partial charge in [0.15, 0.2) is 0 Å². The van der Waals surface area contributed by atoms with Gasteiger partial charge in [-0.25, -0.2) is 19.4 Å². The first-order chi connectivity index (χ1) is 12.6. The molecule has 0 fully saturated rings. The molecular weight excluding hydrogens is 330 g/mol. The first-order valence-electron chi connectivity index (χ1n) is 9.84. The molecule has 2 N–H and O–H groups in total. The van der Waals surface area contributed by atoms with Crippen molar-refractivity contribution in [3.05, 3.63) is 35.9 Å². The second-order valence-corrected chi connectivity index (χ2v) is 6.73. The van der Waals surface area contributed by atoms with Crippen LogP contribution in [0.1, 0.15) is 76.7 Å². The Kier molecular flexibility index (Phi) is 12.2. The van der Waals surface area contributed by atoms with Crippen LogP contribution in [0.4, 0.5) is 0 Å². The molecule has 0 aromatic heterocycles. The van der Waals surface area contributed by atoms with Crippen LogP contribution in [0.5, 0.6) is 0 Å². The summed E-state index contributed by atoms with van der Waals surface area (Å²) < 4.78 is 0. The van der Waals surface area contributed by atoms with Gasteiger partial charge in [0.25, 0.3) is 0 Å². The van der Waals surface area contributed by atoms with Crippen LogP contribution in [0.3, 0.4) is 0 Å². The van der Waals surface area contributed by atoms with Crippen molar-refractivity contribution in [2.75, 3.05) is 0 Å². The van der Waals surface area contributed by atoms with E-state index in [1.807, 2.05) is 30.3 Å². The van der Waals surface area contributed by atoms with E-state index in [2.05, 4.69) is 16.7 Å². The Morgan fingerprint density at radius 3 is 2.08 bits per heavy atom. The van der Waals surface area contributed by atoms with Gasteiger partial charge in [0.2, 0.25) is 0 Å². The molecule has 1 atom stereocenters. The maximum Gasteiger partial charge on any atom is 0.372 e. The van der Waals surface area contributed by atoms with E-state index >= 15 is 0 Å². The van der Waals surface area contributed by atoms with Crippen LogP contribution in [0.15, 0.2) is 30.3 Å². The van der Waals surface area contributed by atoms with E-state index < -0.39 is 18.0 Å². The smallest absolute Gasteiger partial charge is 0.318 e. The molecule has 0 spiro atoms. The van der Waals surface area contributed by atoms with Gasteiger partial charge >= 0.3 is 11.9 Å². The Labute approximate surface area is 157 Å². The van der Waals surface area contributed by atoms with Crippen molar-refractivity contribution in [1.29, 1.82) is 0 Å². The van der Waals surface area contributed by atoms with Crippen molar-refractivity contribution in [2.24, 2.45) is 5.73 Å². The Morgan fingerprint density at radius 2 is 1.46 bits per heavy atom. The topological polar surface area (TPSA) is 78.6 Å². The van der Waals surface area contributed by atoms with Crippen molar-refractivity contribution in [2.45, 2.75) is 83.6 Å². The molecule has 0 aliphatic carbocycles. The van der Waals surface area contributed by atoms with Gasteiger partial charge in [-0.05, 0) is 18.4 Å². The van der Waals surface area contributed by atoms with Crippen LogP contribution in [0.25, 0.3) is 0 Å². The third kappa shape index (κ3) is 10.9. The van der Waals surface area contributed by atoms with E-state index in [-0.39, 0.29) is 6.42 Å². The number of hydrogen-bond acceptors (Lipinski definition) is 5. The summed E-state index contributed by atoms with van der Waals surface area (Å²) in [5.41, 5.74) is 6.70. The van der Waals surface area contributed by atoms with Crippen LogP contribution in [-0.2, 0) is 25.8 Å². The molecule has 146 valence electrons. The Balaban J connectivity index is 2.02. The second-order valence-electron chi connectivity index (χ2n) is 6.73. The van der Waals surface area contributed by atoms with E-state index in [1.165, 1.54) is 38.5 Å². The normalized spacial score (nSPS) is 11.8. The average molecular weight is 363 g/mol. The first-order valence-corrected chi connectivity index (χ1v) is 9.84. The van der Waals surface area contributed by atoms with Gasteiger partial charge in [-0.3, -0.25) is 0 Å². The van der Waals surface area contributed by atoms with Gasteiger partial charge in [-0.15, -0.1) is 0 Å². The molecule has 1 rings (SSSR count). The minimum Gasteiger partial charge on any atom is -0.318 e. The van der Waals surface area contributed by atoms with Crippen LogP contribution in [-0.4, -0.2) is 18.0 Å². The number of hydrogen-bond donors (Lipinski definition) is 1. The minimum absolute atomic E-state index is 0.261. The van der Waals surface area contributed by atoms with Crippen LogP contribution in [0, 0.1) is 0 Å². The lowest BCUT2D eigenvalue weighted by atomic mass is 10.1. The van der Waals surface area contributed by atoms with Crippen molar-refractivity contribution in [3.63, 3.8) is 0 Å². The molecule has 0 aliphatic heterocycles. The fourth-order valence-corrected chi connectivity index (χ4v) is 2.72. The Hall–Kier alpha value is -1.88. The molecule has 0 bridgehead atoms. The SMILES string of the molecule is CCCCCCCCCCCC(=O)OOC(=O)C(N)Cc1ccccc1. The molecule has 1 aromatic rings. The summed E-state index contributed by atoms with van der Waals surface area (Å²) in [6.45, 7) is 2.22. The monoisotopic (exact) mass is 363 g/mol. The van der Waals surface area contributed by atoms with Crippen molar-refractivity contribution in [3.8, 4) is 0 Å². The highest BCUT2D eigenvalue weighted by molar-refractivity contribution is 5.77. The molecule has 5 heteroatoms. The highest BCUT2D eigenvalue weighted by Gasteiger charge is 2.18. The van der Waals surface area contributed by atoms with Gasteiger partial charge < -0.3 is 5.73 Å². The average Bonchev–Trinajstić information content (AvgIpc) is 2.65. The van der Waals surface area contributed by atoms with Gasteiger partial charge in [0.05, 0.1) is 6.42 Å². The third-order valence-electron chi connectivity index (χ3n) is 4.30. The zero-order valence-corrected chi connectivity index (χ0v) is 16.0. The number of unbranched alkanes of at least 4 members (excludes halogenated alkanes) is 8. The van der Waals surface area contributed by atoms with Crippen molar-refractivity contribution < 1.29 is 19.4 Å². The molecule has 0 aliphatic rings. The minimum atomic E-state index is -0.849. The Morgan fingerprint density at radius 1 is 0.885 bits per heavy atom. The summed E-state index contributed by atoms with van der Waals surface area (Å²) in [6, 6.07) is 8.54. The van der Waals surface area contributed by atoms with Crippen molar-refractivity contribution >= 4 is 11.9 Å². The number of rotatable bonds is 13. The molecule has 0 heterocycles. The predicted octanol–water partition coefficient (Wildman–Crippen LogP) is 4.48. The molecule has 0 amide bonds. The number of carbonyl (C=O) groups excluding carboxylic acids is 2. The fraction of sp³-hybridized carbons (Fsp3) is 0.619. The summed E-state index contributed by atoms with van der Waals surface area (Å²) in [7, 11) is 0. The maximum atomic E-state index is 11.8. The lowest BCUT2D eigenvalue weighted by molar-refractivity contribution is -0.260. The lowest BCUT2D eigenvalue weighted by Crippen LogP contribution is -2.34. The zero-order valence-electron chi connectivity index (χ0n) is 16.0. The largest absolute Gasteiger partial charge is 0.372 e. The van der Waals surface area contributed by atoms with Gasteiger partial charge in [-0.1, -0.05) is 88.6 Å². The summed E-state index contributed by atoms with van der Waals surface area (Å²) in [4.78, 5) is 32.5. The fourth-order valence-electron chi connectivity index (χ4n) is 2.72. The van der Waals surface area contributed by atoms with Gasteiger partial charge in [0.1, 0.15) is 6.04 Å². The summed E-state index contributed by atoms with van der Waals surface area (Å²) in [5, 5.41) is 0. The highest BCUT2D eigenvalue weighted by atomic mass is 17.2. The van der Waals surface area contributed by atoms with Crippen LogP contribution in [0.2, 0.25) is 0 Å². The summed E-state index contributed by atoms with van der Waals surface area (Å²) in [5.74, 6) is -1.25. The number of benzene rings is 1. The van der Waals surface area contributed by atoms with E-state index in [4.69, 9.17) is 5.73 Å². The molecule has 0 saturated heterocycles. The third-order valence-corrected chi connectivity index (χ3v) is 4.30. The Bertz CT molecular complexity index is 504. The molecule has 0 radical (unpaired) electrons. The standard InChI is InChI=1S/C21H33NO4/c1-2-3-4-5-6-7-8-9-13-16-20(23)25-26-21(24)19(22)17-18-14-11-10-12-15-18/h10-12,14-15,19H,2-9,13,16-17,22H2,1H3. The highest BCUT2D eigenvalue weighted by Crippen LogP contribution is 2.11. The summed E-state index contributed by atoms with van der Waals surface area (Å²) >= 11 is 0. The number of carbonyl (C=O) groups is 2. The summed E-state index contributed by atoms with van der Waals surface area (Å²) in [6.07, 6.45) is 11.2. The zero-order chi connectivity index (χ0) is 19.0. The molecule has 26 heavy (non-hydrogen) atoms. The van der Waals surface area contributed by atoms with E-state index in [1.54, 1.807) is 0 Å². The predicted molar refractivity (Wildman–Crippen MR) is 102 cm³/mol. The molecule has 1 unspecified atom stereocenters. The molecule has 0 saturated carbocycles. The molecule has 1 aromatic carbocycles. The van der Waals surface area contributed by atoms with Crippen LogP contribution >= 0.6 is 0 Å². The van der Waals surface area contributed by atoms with Gasteiger partial charge in [0, 0.05) is 0 Å². The second kappa shape index (κ2) is 14.3. The quantitative estimate of drug-likeness (QED) is 0.318. The molecular formula is C21H33NO4. The number of nitrogens with two attached hydrogens (primary N) is 1. The van der Waals surface area contributed by atoms with Gasteiger partial charge in [-0.2, -0.15) is 0 Å². The van der Waals surface area contributed by atoms with E-state index in [9.17, 15) is 9.59 Å². The van der Waals surface area contributed by atoms with Crippen molar-refractivity contribution in [1.82, 2.24) is 0 Å². The van der Waals surface area contributed by atoms with E-state index in [0.29, 0.717) is 6.42 Å².